The highest BCUT2D eigenvalue weighted by molar-refractivity contribution is 6.23. The number of amides is 1. The number of nitrogens with one attached hydrogen (secondary N) is 1. The summed E-state index contributed by atoms with van der Waals surface area (Å²) in [6.45, 7) is 4.15. The maximum atomic E-state index is 14.1. The molecule has 238 valence electrons. The molecule has 4 rings (SSSR count). The first-order valence-corrected chi connectivity index (χ1v) is 14.8. The summed E-state index contributed by atoms with van der Waals surface area (Å²) in [6, 6.07) is 9.09. The number of nitrogens with zero attached hydrogens (tertiary/aromatic N) is 2. The number of Topliss-reactive ketones (excluding diaryl/α,β-unsaturated/α-hetero) is 2. The van der Waals surface area contributed by atoms with Gasteiger partial charge in [0.25, 0.3) is 0 Å². The summed E-state index contributed by atoms with van der Waals surface area (Å²) in [5, 5.41) is 48.4. The number of aliphatic hydroxyl groups is 3. The molecule has 44 heavy (non-hydrogen) atoms. The zero-order chi connectivity index (χ0) is 32.7. The third-order valence-corrected chi connectivity index (χ3v) is 9.09. The third kappa shape index (κ3) is 5.79. The van der Waals surface area contributed by atoms with Crippen molar-refractivity contribution in [1.82, 2.24) is 4.90 Å². The molecule has 0 aliphatic heterocycles. The Balaban J connectivity index is 1.83. The Morgan fingerprint density at radius 3 is 2.27 bits per heavy atom. The van der Waals surface area contributed by atoms with Crippen molar-refractivity contribution in [2.24, 2.45) is 17.6 Å². The maximum Gasteiger partial charge on any atom is 0.225 e. The van der Waals surface area contributed by atoms with Gasteiger partial charge in [0.05, 0.1) is 24.3 Å². The van der Waals surface area contributed by atoms with Gasteiger partial charge in [-0.3, -0.25) is 14.4 Å². The van der Waals surface area contributed by atoms with Gasteiger partial charge in [-0.25, -0.2) is 0 Å². The highest BCUT2D eigenvalue weighted by atomic mass is 16.3. The molecule has 0 bridgehead atoms. The van der Waals surface area contributed by atoms with E-state index < -0.39 is 59.7 Å². The number of benzene rings is 2. The number of ketones is 2. The fourth-order valence-corrected chi connectivity index (χ4v) is 6.64. The number of carbonyl (C=O) groups is 3. The predicted molar refractivity (Wildman–Crippen MR) is 168 cm³/mol. The number of aromatic hydroxyl groups is 1. The molecule has 7 N–H and O–H groups in total. The average molecular weight is 609 g/mol. The van der Waals surface area contributed by atoms with Crippen molar-refractivity contribution < 1.29 is 34.8 Å². The number of rotatable bonds is 11. The fourth-order valence-electron chi connectivity index (χ4n) is 6.64. The van der Waals surface area contributed by atoms with E-state index in [0.29, 0.717) is 29.4 Å². The summed E-state index contributed by atoms with van der Waals surface area (Å²) >= 11 is 0. The van der Waals surface area contributed by atoms with Crippen LogP contribution >= 0.6 is 0 Å². The Hall–Kier alpha value is -3.93. The number of hydrogen-bond acceptors (Lipinski definition) is 10. The fraction of sp³-hybridized carbons (Fsp3) is 0.485. The molecular weight excluding hydrogens is 564 g/mol. The van der Waals surface area contributed by atoms with Crippen LogP contribution in [0.4, 0.5) is 11.4 Å². The van der Waals surface area contributed by atoms with E-state index in [1.54, 1.807) is 25.1 Å². The molecule has 11 heteroatoms. The summed E-state index contributed by atoms with van der Waals surface area (Å²) in [6.07, 6.45) is -0.614. The lowest BCUT2D eigenvalue weighted by molar-refractivity contribution is -0.163. The molecule has 0 saturated heterocycles. The van der Waals surface area contributed by atoms with Gasteiger partial charge in [0.2, 0.25) is 11.7 Å². The van der Waals surface area contributed by atoms with Crippen LogP contribution in [0, 0.1) is 11.8 Å². The van der Waals surface area contributed by atoms with E-state index >= 15 is 0 Å². The van der Waals surface area contributed by atoms with Gasteiger partial charge in [0, 0.05) is 43.9 Å². The van der Waals surface area contributed by atoms with E-state index in [-0.39, 0.29) is 29.7 Å². The molecule has 0 unspecified atom stereocenters. The minimum Gasteiger partial charge on any atom is -0.507 e. The molecular formula is C33H44N4O7. The summed E-state index contributed by atoms with van der Waals surface area (Å²) in [5.74, 6) is -5.29. The number of primary amides is 1. The van der Waals surface area contributed by atoms with Gasteiger partial charge >= 0.3 is 0 Å². The zero-order valence-electron chi connectivity index (χ0n) is 26.2. The summed E-state index contributed by atoms with van der Waals surface area (Å²) in [4.78, 5) is 42.6. The lowest BCUT2D eigenvalue weighted by atomic mass is 9.60. The Bertz CT molecular complexity index is 1480. The number of fused-ring (bicyclic) bond motifs is 2. The van der Waals surface area contributed by atoms with Crippen LogP contribution in [0.15, 0.2) is 35.9 Å². The number of anilines is 2. The SMILES string of the molecule is CC(C)c1ccc(CNc2cc(N(C)C)c3c(c2O)C(O)=C2C(=O)[C@](O)(C(=O)CC(N)=O)[C@H]([C@@H](CO)N(C)C)C[C@@H]2C3)cc1. The highest BCUT2D eigenvalue weighted by Crippen LogP contribution is 2.52. The second-order valence-electron chi connectivity index (χ2n) is 12.7. The van der Waals surface area contributed by atoms with Gasteiger partial charge in [-0.05, 0) is 61.5 Å². The summed E-state index contributed by atoms with van der Waals surface area (Å²) in [5.41, 5.74) is 6.23. The largest absolute Gasteiger partial charge is 0.507 e. The quantitative estimate of drug-likeness (QED) is 0.164. The number of carbonyl (C=O) groups excluding carboxylic acids is 3. The van der Waals surface area contributed by atoms with Crippen LogP contribution in [-0.2, 0) is 27.3 Å². The van der Waals surface area contributed by atoms with E-state index in [0.717, 1.165) is 5.56 Å². The van der Waals surface area contributed by atoms with Crippen LogP contribution in [0.5, 0.6) is 5.75 Å². The highest BCUT2D eigenvalue weighted by Gasteiger charge is 2.60. The first-order chi connectivity index (χ1) is 20.6. The molecule has 11 nitrogen and oxygen atoms in total. The van der Waals surface area contributed by atoms with E-state index in [2.05, 4.69) is 31.3 Å². The number of aliphatic hydroxyl groups excluding tert-OH is 2. The van der Waals surface area contributed by atoms with E-state index in [4.69, 9.17) is 5.73 Å². The second-order valence-corrected chi connectivity index (χ2v) is 12.7. The first-order valence-electron chi connectivity index (χ1n) is 14.8. The molecule has 0 spiro atoms. The van der Waals surface area contributed by atoms with Crippen LogP contribution in [0.1, 0.15) is 54.9 Å². The van der Waals surface area contributed by atoms with E-state index in [1.807, 2.05) is 31.1 Å². The van der Waals surface area contributed by atoms with E-state index in [9.17, 15) is 34.8 Å². The smallest absolute Gasteiger partial charge is 0.225 e. The Labute approximate surface area is 258 Å². The van der Waals surface area contributed by atoms with Crippen molar-refractivity contribution in [2.75, 3.05) is 45.0 Å². The number of hydrogen-bond donors (Lipinski definition) is 6. The van der Waals surface area contributed by atoms with Gasteiger partial charge in [0.1, 0.15) is 11.5 Å². The number of phenolic OH excluding ortho intramolecular Hbond substituents is 1. The van der Waals surface area contributed by atoms with Crippen LogP contribution in [-0.4, -0.2) is 89.2 Å². The Kier molecular flexibility index (Phi) is 9.43. The lowest BCUT2D eigenvalue weighted by Crippen LogP contribution is -2.64. The molecule has 4 atom stereocenters. The molecule has 2 aliphatic rings. The van der Waals surface area contributed by atoms with Gasteiger partial charge in [-0.15, -0.1) is 0 Å². The van der Waals surface area contributed by atoms with Crippen LogP contribution in [0.3, 0.4) is 0 Å². The summed E-state index contributed by atoms with van der Waals surface area (Å²) < 4.78 is 0. The molecule has 1 saturated carbocycles. The van der Waals surface area contributed by atoms with Gasteiger partial charge in [0.15, 0.2) is 11.4 Å². The molecule has 2 aliphatic carbocycles. The average Bonchev–Trinajstić information content (AvgIpc) is 2.94. The topological polar surface area (TPSA) is 177 Å². The Morgan fingerprint density at radius 1 is 1.11 bits per heavy atom. The number of nitrogens with two attached hydrogens (primary N) is 1. The second kappa shape index (κ2) is 12.6. The number of phenols is 1. The zero-order valence-corrected chi connectivity index (χ0v) is 26.2. The van der Waals surface area contributed by atoms with Crippen molar-refractivity contribution in [3.63, 3.8) is 0 Å². The van der Waals surface area contributed by atoms with Crippen LogP contribution < -0.4 is 16.0 Å². The standard InChI is InChI=1S/C33H44N4O7/c1-17(2)19-9-7-18(8-10-19)15-35-23-13-24(36(3)4)21-11-20-12-22(25(16-38)37(5)6)33(44,26(39)14-27(34)40)32(43)28(20)31(42)29(21)30(23)41/h7-10,13,17,20,22,25,35,38,41-42,44H,11-12,14-16H2,1-6H3,(H2,34,40)/t20-,22-,25+,33+/m0/s1. The Morgan fingerprint density at radius 2 is 1.75 bits per heavy atom. The van der Waals surface area contributed by atoms with Crippen molar-refractivity contribution in [3.05, 3.63) is 58.2 Å². The van der Waals surface area contributed by atoms with Crippen LogP contribution in [0.25, 0.3) is 5.76 Å². The monoisotopic (exact) mass is 608 g/mol. The van der Waals surface area contributed by atoms with Gasteiger partial charge in [-0.1, -0.05) is 38.1 Å². The van der Waals surface area contributed by atoms with Gasteiger partial charge < -0.3 is 41.3 Å². The minimum atomic E-state index is -2.72. The van der Waals surface area contributed by atoms with Crippen molar-refractivity contribution in [1.29, 1.82) is 0 Å². The predicted octanol–water partition coefficient (Wildman–Crippen LogP) is 2.32. The van der Waals surface area contributed by atoms with Crippen molar-refractivity contribution in [2.45, 2.75) is 57.2 Å². The molecule has 0 aromatic heterocycles. The van der Waals surface area contributed by atoms with Crippen molar-refractivity contribution in [3.8, 4) is 5.75 Å². The molecule has 1 fully saturated rings. The third-order valence-electron chi connectivity index (χ3n) is 9.09. The minimum absolute atomic E-state index is 0.0444. The van der Waals surface area contributed by atoms with Gasteiger partial charge in [-0.2, -0.15) is 0 Å². The first kappa shape index (κ1) is 33.0. The molecule has 0 radical (unpaired) electrons. The normalized spacial score (nSPS) is 22.1. The molecule has 1 amide bonds. The maximum absolute atomic E-state index is 14.1. The number of likely N-dealkylation sites (N-methyl/N-ethyl adjacent to an activating group) is 1. The lowest BCUT2D eigenvalue weighted by Gasteiger charge is -2.47. The van der Waals surface area contributed by atoms with Crippen LogP contribution in [0.2, 0.25) is 0 Å². The molecule has 2 aromatic rings. The molecule has 2 aromatic carbocycles. The van der Waals surface area contributed by atoms with Crippen molar-refractivity contribution >= 4 is 34.6 Å². The molecule has 0 heterocycles. The summed E-state index contributed by atoms with van der Waals surface area (Å²) in [7, 11) is 6.97. The van der Waals surface area contributed by atoms with E-state index in [1.165, 1.54) is 5.56 Å².